The Kier molecular flexibility index (Phi) is 8.17. The second-order valence-corrected chi connectivity index (χ2v) is 11.8. The largest absolute Gasteiger partial charge is 0.493 e. The Hall–Kier alpha value is -2.38. The predicted octanol–water partition coefficient (Wildman–Crippen LogP) is 5.42. The molecule has 6 nitrogen and oxygen atoms in total. The molecule has 0 unspecified atom stereocenters. The minimum atomic E-state index is -3.88. The van der Waals surface area contributed by atoms with Crippen molar-refractivity contribution < 1.29 is 22.7 Å². The van der Waals surface area contributed by atoms with Crippen molar-refractivity contribution in [1.82, 2.24) is 0 Å². The van der Waals surface area contributed by atoms with Crippen LogP contribution in [0.15, 0.2) is 41.3 Å². The lowest BCUT2D eigenvalue weighted by Crippen LogP contribution is -2.35. The Morgan fingerprint density at radius 1 is 1.06 bits per heavy atom. The van der Waals surface area contributed by atoms with Crippen molar-refractivity contribution >= 4 is 21.5 Å². The molecule has 35 heavy (non-hydrogen) atoms. The van der Waals surface area contributed by atoms with Crippen LogP contribution >= 0.6 is 0 Å². The molecule has 1 aliphatic carbocycles. The number of fused-ring (bicyclic) bond motifs is 1. The van der Waals surface area contributed by atoms with Crippen LogP contribution < -0.4 is 9.04 Å². The summed E-state index contributed by atoms with van der Waals surface area (Å²) in [5.74, 6) is 0.995. The fraction of sp³-hybridized carbons (Fsp3) is 0.536. The highest BCUT2D eigenvalue weighted by atomic mass is 32.2. The lowest BCUT2D eigenvalue weighted by Gasteiger charge is -2.29. The van der Waals surface area contributed by atoms with Crippen molar-refractivity contribution in [3.8, 4) is 5.75 Å². The van der Waals surface area contributed by atoms with Crippen molar-refractivity contribution in [2.75, 3.05) is 30.7 Å². The zero-order valence-corrected chi connectivity index (χ0v) is 21.9. The van der Waals surface area contributed by atoms with Gasteiger partial charge in [0.2, 0.25) is 0 Å². The van der Waals surface area contributed by atoms with E-state index >= 15 is 0 Å². The van der Waals surface area contributed by atoms with Crippen LogP contribution in [0.1, 0.15) is 67.9 Å². The first kappa shape index (κ1) is 25.7. The fourth-order valence-electron chi connectivity index (χ4n) is 4.89. The van der Waals surface area contributed by atoms with Crippen molar-refractivity contribution in [3.63, 3.8) is 0 Å². The highest BCUT2D eigenvalue weighted by Crippen LogP contribution is 2.37. The number of carbonyl (C=O) groups excluding carboxylic acids is 1. The Morgan fingerprint density at radius 3 is 2.43 bits per heavy atom. The van der Waals surface area contributed by atoms with Crippen LogP contribution in [0.5, 0.6) is 5.75 Å². The molecule has 1 fully saturated rings. The van der Waals surface area contributed by atoms with E-state index in [0.29, 0.717) is 60.9 Å². The van der Waals surface area contributed by atoms with Crippen molar-refractivity contribution in [2.24, 2.45) is 11.8 Å². The third kappa shape index (κ3) is 5.72. The van der Waals surface area contributed by atoms with E-state index in [0.717, 1.165) is 38.0 Å². The number of nitrogens with zero attached hydrogens (tertiary/aromatic N) is 1. The Morgan fingerprint density at radius 2 is 1.77 bits per heavy atom. The highest BCUT2D eigenvalue weighted by molar-refractivity contribution is 7.92. The van der Waals surface area contributed by atoms with Gasteiger partial charge in [0.05, 0.1) is 22.8 Å². The minimum absolute atomic E-state index is 0.0343. The van der Waals surface area contributed by atoms with Crippen LogP contribution in [0.2, 0.25) is 0 Å². The van der Waals surface area contributed by atoms with Gasteiger partial charge in [0, 0.05) is 26.2 Å². The number of carbonyl (C=O) groups is 1. The summed E-state index contributed by atoms with van der Waals surface area (Å²) in [6, 6.07) is 11.0. The van der Waals surface area contributed by atoms with Gasteiger partial charge >= 0.3 is 0 Å². The third-order valence-electron chi connectivity index (χ3n) is 6.89. The fourth-order valence-corrected chi connectivity index (χ4v) is 6.77. The number of sulfonamides is 1. The number of aryl methyl sites for hydroxylation is 1. The van der Waals surface area contributed by atoms with Crippen LogP contribution in [0.3, 0.4) is 0 Å². The number of anilines is 1. The first-order valence-corrected chi connectivity index (χ1v) is 14.3. The minimum Gasteiger partial charge on any atom is -0.493 e. The maximum atomic E-state index is 14.1. The first-order chi connectivity index (χ1) is 16.8. The topological polar surface area (TPSA) is 72.9 Å². The number of hydrogen-bond donors (Lipinski definition) is 0. The van der Waals surface area contributed by atoms with Crippen LogP contribution in [-0.2, 0) is 27.6 Å². The van der Waals surface area contributed by atoms with Gasteiger partial charge in [0.1, 0.15) is 5.75 Å². The average Bonchev–Trinajstić information content (AvgIpc) is 2.86. The molecule has 0 N–H and O–H groups in total. The molecule has 2 aromatic rings. The molecule has 190 valence electrons. The molecule has 1 saturated heterocycles. The van der Waals surface area contributed by atoms with Gasteiger partial charge in [-0.3, -0.25) is 9.10 Å². The molecule has 0 radical (unpaired) electrons. The maximum Gasteiger partial charge on any atom is 0.264 e. The zero-order chi connectivity index (χ0) is 25.0. The van der Waals surface area contributed by atoms with E-state index in [4.69, 9.17) is 9.47 Å². The summed E-state index contributed by atoms with van der Waals surface area (Å²) in [6.07, 6.45) is 4.37. The summed E-state index contributed by atoms with van der Waals surface area (Å²) in [6.45, 7) is 8.42. The third-order valence-corrected chi connectivity index (χ3v) is 8.77. The number of Topliss-reactive ketones (excluding diaryl/α,β-unsaturated/α-hetero) is 1. The summed E-state index contributed by atoms with van der Waals surface area (Å²) in [7, 11) is -3.88. The van der Waals surface area contributed by atoms with E-state index < -0.39 is 10.0 Å². The lowest BCUT2D eigenvalue weighted by molar-refractivity contribution is 0.0494. The molecule has 0 atom stereocenters. The van der Waals surface area contributed by atoms with Gasteiger partial charge in [-0.1, -0.05) is 32.9 Å². The predicted molar refractivity (Wildman–Crippen MR) is 138 cm³/mol. The van der Waals surface area contributed by atoms with Gasteiger partial charge in [0.15, 0.2) is 5.78 Å². The summed E-state index contributed by atoms with van der Waals surface area (Å²) < 4.78 is 41.2. The second-order valence-electron chi connectivity index (χ2n) is 10.0. The summed E-state index contributed by atoms with van der Waals surface area (Å²) >= 11 is 0. The SMILES string of the molecule is CCc1ccc(N(CC(C)C)S(=O)(=O)c2ccc(OCC3CCOCC3)c3c2CCCC3=O)cc1. The molecule has 1 aliphatic heterocycles. The Balaban J connectivity index is 1.72. The van der Waals surface area contributed by atoms with Crippen molar-refractivity contribution in [1.29, 1.82) is 0 Å². The zero-order valence-electron chi connectivity index (χ0n) is 21.1. The van der Waals surface area contributed by atoms with Gasteiger partial charge in [-0.2, -0.15) is 0 Å². The molecule has 0 saturated carbocycles. The number of hydrogen-bond acceptors (Lipinski definition) is 5. The molecule has 2 aromatic carbocycles. The van der Waals surface area contributed by atoms with Gasteiger partial charge in [-0.05, 0) is 79.3 Å². The molecule has 0 bridgehead atoms. The molecule has 7 heteroatoms. The van der Waals surface area contributed by atoms with Gasteiger partial charge in [0.25, 0.3) is 10.0 Å². The number of ketones is 1. The van der Waals surface area contributed by atoms with Crippen LogP contribution in [0.4, 0.5) is 5.69 Å². The smallest absolute Gasteiger partial charge is 0.264 e. The second kappa shape index (κ2) is 11.1. The molecule has 1 heterocycles. The average molecular weight is 500 g/mol. The van der Waals surface area contributed by atoms with Crippen molar-refractivity contribution in [2.45, 2.75) is 64.2 Å². The number of benzene rings is 2. The van der Waals surface area contributed by atoms with E-state index in [1.807, 2.05) is 38.1 Å². The molecule has 4 rings (SSSR count). The summed E-state index contributed by atoms with van der Waals surface area (Å²) in [4.78, 5) is 13.2. The Labute approximate surface area is 209 Å². The van der Waals surface area contributed by atoms with E-state index in [2.05, 4.69) is 6.92 Å². The first-order valence-electron chi connectivity index (χ1n) is 12.8. The quantitative estimate of drug-likeness (QED) is 0.460. The standard InChI is InChI=1S/C28H37NO5S/c1-4-21-8-10-23(11-9-21)29(18-20(2)3)35(31,32)27-13-12-26(28-24(27)6-5-7-25(28)30)34-19-22-14-16-33-17-15-22/h8-13,20,22H,4-7,14-19H2,1-3H3. The maximum absolute atomic E-state index is 14.1. The monoisotopic (exact) mass is 499 g/mol. The molecular formula is C28H37NO5S. The van der Waals surface area contributed by atoms with Gasteiger partial charge < -0.3 is 9.47 Å². The summed E-state index contributed by atoms with van der Waals surface area (Å²) in [5.41, 5.74) is 2.86. The molecular weight excluding hydrogens is 462 g/mol. The van der Waals surface area contributed by atoms with E-state index in [-0.39, 0.29) is 16.6 Å². The number of rotatable bonds is 9. The van der Waals surface area contributed by atoms with E-state index in [1.54, 1.807) is 12.1 Å². The Bertz CT molecular complexity index is 1130. The molecule has 0 aromatic heterocycles. The van der Waals surface area contributed by atoms with Crippen LogP contribution in [0, 0.1) is 11.8 Å². The molecule has 0 spiro atoms. The van der Waals surface area contributed by atoms with E-state index in [9.17, 15) is 13.2 Å². The lowest BCUT2D eigenvalue weighted by atomic mass is 9.90. The van der Waals surface area contributed by atoms with Crippen molar-refractivity contribution in [3.05, 3.63) is 53.1 Å². The number of ether oxygens (including phenoxy) is 2. The molecule has 0 amide bonds. The van der Waals surface area contributed by atoms with Crippen LogP contribution in [-0.4, -0.2) is 40.6 Å². The van der Waals surface area contributed by atoms with Crippen LogP contribution in [0.25, 0.3) is 0 Å². The highest BCUT2D eigenvalue weighted by Gasteiger charge is 2.33. The molecule has 2 aliphatic rings. The summed E-state index contributed by atoms with van der Waals surface area (Å²) in [5, 5.41) is 0. The normalized spacial score (nSPS) is 16.9. The van der Waals surface area contributed by atoms with Gasteiger partial charge in [-0.25, -0.2) is 8.42 Å². The van der Waals surface area contributed by atoms with E-state index in [1.165, 1.54) is 4.31 Å². The van der Waals surface area contributed by atoms with Gasteiger partial charge in [-0.15, -0.1) is 0 Å².